The Morgan fingerprint density at radius 2 is 2.08 bits per heavy atom. The van der Waals surface area contributed by atoms with E-state index >= 15 is 0 Å². The minimum atomic E-state index is -0.0811. The molecular formula is C19H21ClN2OS. The van der Waals surface area contributed by atoms with Gasteiger partial charge in [0, 0.05) is 30.6 Å². The van der Waals surface area contributed by atoms with Gasteiger partial charge < -0.3 is 5.32 Å². The fraction of sp³-hybridized carbons (Fsp3) is 0.316. The van der Waals surface area contributed by atoms with Crippen molar-refractivity contribution in [3.8, 4) is 0 Å². The van der Waals surface area contributed by atoms with Crippen LogP contribution in [0.2, 0.25) is 5.02 Å². The summed E-state index contributed by atoms with van der Waals surface area (Å²) in [7, 11) is 0. The zero-order valence-electron chi connectivity index (χ0n) is 13.7. The molecular weight excluding hydrogens is 340 g/mol. The van der Waals surface area contributed by atoms with Gasteiger partial charge in [-0.15, -0.1) is 11.8 Å². The fourth-order valence-electron chi connectivity index (χ4n) is 3.00. The molecule has 0 saturated carbocycles. The summed E-state index contributed by atoms with van der Waals surface area (Å²) in [5.41, 5.74) is 1.87. The molecule has 2 aromatic carbocycles. The number of halogens is 1. The van der Waals surface area contributed by atoms with Crippen LogP contribution in [0.3, 0.4) is 0 Å². The molecule has 5 heteroatoms. The van der Waals surface area contributed by atoms with Gasteiger partial charge in [-0.3, -0.25) is 9.69 Å². The molecule has 126 valence electrons. The number of amides is 1. The van der Waals surface area contributed by atoms with Crippen molar-refractivity contribution in [1.29, 1.82) is 0 Å². The molecule has 2 aromatic rings. The molecule has 1 aliphatic rings. The number of carbonyl (C=O) groups is 1. The van der Waals surface area contributed by atoms with E-state index in [0.29, 0.717) is 10.6 Å². The Morgan fingerprint density at radius 3 is 2.83 bits per heavy atom. The number of benzene rings is 2. The third-order valence-corrected chi connectivity index (χ3v) is 5.33. The summed E-state index contributed by atoms with van der Waals surface area (Å²) in [6.07, 6.45) is 2.96. The molecule has 1 fully saturated rings. The largest absolute Gasteiger partial charge is 0.348 e. The van der Waals surface area contributed by atoms with Gasteiger partial charge in [0.15, 0.2) is 0 Å². The number of likely N-dealkylation sites (tertiary alicyclic amines) is 1. The number of thioether (sulfide) groups is 1. The molecule has 0 spiro atoms. The van der Waals surface area contributed by atoms with Crippen LogP contribution >= 0.6 is 23.4 Å². The van der Waals surface area contributed by atoms with Crippen molar-refractivity contribution in [1.82, 2.24) is 10.2 Å². The summed E-state index contributed by atoms with van der Waals surface area (Å²) >= 11 is 7.80. The Balaban J connectivity index is 1.58. The van der Waals surface area contributed by atoms with Crippen LogP contribution < -0.4 is 5.32 Å². The van der Waals surface area contributed by atoms with Gasteiger partial charge in [-0.1, -0.05) is 41.9 Å². The van der Waals surface area contributed by atoms with Crippen molar-refractivity contribution in [3.63, 3.8) is 0 Å². The zero-order chi connectivity index (χ0) is 16.9. The maximum Gasteiger partial charge on any atom is 0.253 e. The van der Waals surface area contributed by atoms with Gasteiger partial charge in [-0.25, -0.2) is 0 Å². The van der Waals surface area contributed by atoms with E-state index in [9.17, 15) is 4.79 Å². The molecule has 3 rings (SSSR count). The van der Waals surface area contributed by atoms with Crippen LogP contribution in [0, 0.1) is 0 Å². The predicted octanol–water partition coefficient (Wildman–Crippen LogP) is 4.07. The minimum Gasteiger partial charge on any atom is -0.348 e. The van der Waals surface area contributed by atoms with Gasteiger partial charge in [0.25, 0.3) is 5.91 Å². The Morgan fingerprint density at radius 1 is 1.29 bits per heavy atom. The molecule has 3 nitrogen and oxygen atoms in total. The van der Waals surface area contributed by atoms with Crippen LogP contribution in [0.15, 0.2) is 53.4 Å². The van der Waals surface area contributed by atoms with Crippen LogP contribution in [0.25, 0.3) is 0 Å². The maximum absolute atomic E-state index is 12.5. The molecule has 0 unspecified atom stereocenters. The van der Waals surface area contributed by atoms with Crippen molar-refractivity contribution in [2.45, 2.75) is 23.9 Å². The number of carbonyl (C=O) groups excluding carboxylic acids is 1. The van der Waals surface area contributed by atoms with E-state index in [2.05, 4.69) is 34.5 Å². The first kappa shape index (κ1) is 17.3. The number of hydrogen-bond acceptors (Lipinski definition) is 3. The third kappa shape index (κ3) is 4.32. The number of rotatable bonds is 5. The highest BCUT2D eigenvalue weighted by Crippen LogP contribution is 2.23. The van der Waals surface area contributed by atoms with Crippen molar-refractivity contribution >= 4 is 29.3 Å². The molecule has 0 radical (unpaired) electrons. The van der Waals surface area contributed by atoms with Crippen molar-refractivity contribution in [2.75, 3.05) is 19.3 Å². The lowest BCUT2D eigenvalue weighted by molar-refractivity contribution is 0.0937. The molecule has 0 aliphatic carbocycles. The normalized spacial score (nSPS) is 17.8. The minimum absolute atomic E-state index is 0.0811. The first-order chi connectivity index (χ1) is 11.7. The van der Waals surface area contributed by atoms with Gasteiger partial charge in [-0.05, 0) is 36.4 Å². The summed E-state index contributed by atoms with van der Waals surface area (Å²) in [6.45, 7) is 2.80. The number of hydrogen-bond donors (Lipinski definition) is 1. The fourth-order valence-corrected chi connectivity index (χ4v) is 3.65. The molecule has 0 aromatic heterocycles. The van der Waals surface area contributed by atoms with E-state index in [0.717, 1.165) is 31.0 Å². The van der Waals surface area contributed by atoms with Gasteiger partial charge in [0.2, 0.25) is 0 Å². The molecule has 0 bridgehead atoms. The molecule has 1 atom stereocenters. The van der Waals surface area contributed by atoms with Gasteiger partial charge >= 0.3 is 0 Å². The third-order valence-electron chi connectivity index (χ3n) is 4.27. The van der Waals surface area contributed by atoms with E-state index in [-0.39, 0.29) is 11.9 Å². The van der Waals surface area contributed by atoms with E-state index < -0.39 is 0 Å². The van der Waals surface area contributed by atoms with Gasteiger partial charge in [-0.2, -0.15) is 0 Å². The molecule has 1 aliphatic heterocycles. The highest BCUT2D eigenvalue weighted by Gasteiger charge is 2.24. The molecule has 1 N–H and O–H groups in total. The lowest BCUT2D eigenvalue weighted by Crippen LogP contribution is -2.37. The zero-order valence-corrected chi connectivity index (χ0v) is 15.2. The first-order valence-corrected chi connectivity index (χ1v) is 9.66. The monoisotopic (exact) mass is 360 g/mol. The summed E-state index contributed by atoms with van der Waals surface area (Å²) < 4.78 is 0. The average Bonchev–Trinajstić information content (AvgIpc) is 3.03. The van der Waals surface area contributed by atoms with Crippen molar-refractivity contribution in [2.24, 2.45) is 0 Å². The standard InChI is InChI=1S/C19H21ClN2OS/c1-24-16-7-8-18(20)17(11-16)19(23)21-15-9-10-22(13-15)12-14-5-3-2-4-6-14/h2-8,11,15H,9-10,12-13H2,1H3,(H,21,23)/t15-/m1/s1. The SMILES string of the molecule is CSc1ccc(Cl)c(C(=O)N[C@@H]2CCN(Cc3ccccc3)C2)c1. The second-order valence-electron chi connectivity index (χ2n) is 6.03. The van der Waals surface area contributed by atoms with Crippen LogP contribution in [-0.2, 0) is 6.54 Å². The van der Waals surface area contributed by atoms with E-state index in [1.807, 2.05) is 24.5 Å². The quantitative estimate of drug-likeness (QED) is 0.816. The Bertz CT molecular complexity index is 708. The predicted molar refractivity (Wildman–Crippen MR) is 101 cm³/mol. The molecule has 24 heavy (non-hydrogen) atoms. The molecule has 1 heterocycles. The van der Waals surface area contributed by atoms with E-state index in [4.69, 9.17) is 11.6 Å². The van der Waals surface area contributed by atoms with Gasteiger partial charge in [0.1, 0.15) is 0 Å². The molecule has 1 saturated heterocycles. The number of nitrogens with zero attached hydrogens (tertiary/aromatic N) is 1. The number of nitrogens with one attached hydrogen (secondary N) is 1. The van der Waals surface area contributed by atoms with Crippen LogP contribution in [0.5, 0.6) is 0 Å². The van der Waals surface area contributed by atoms with E-state index in [1.54, 1.807) is 17.8 Å². The summed E-state index contributed by atoms with van der Waals surface area (Å²) in [5.74, 6) is -0.0811. The summed E-state index contributed by atoms with van der Waals surface area (Å²) in [6, 6.07) is 16.2. The van der Waals surface area contributed by atoms with E-state index in [1.165, 1.54) is 5.56 Å². The van der Waals surface area contributed by atoms with Crippen molar-refractivity contribution in [3.05, 3.63) is 64.7 Å². The topological polar surface area (TPSA) is 32.3 Å². The average molecular weight is 361 g/mol. The van der Waals surface area contributed by atoms with Crippen molar-refractivity contribution < 1.29 is 4.79 Å². The van der Waals surface area contributed by atoms with Gasteiger partial charge in [0.05, 0.1) is 10.6 Å². The maximum atomic E-state index is 12.5. The second-order valence-corrected chi connectivity index (χ2v) is 7.31. The molecule has 1 amide bonds. The highest BCUT2D eigenvalue weighted by atomic mass is 35.5. The van der Waals surface area contributed by atoms with Crippen LogP contribution in [-0.4, -0.2) is 36.2 Å². The Labute approximate surface area is 152 Å². The lowest BCUT2D eigenvalue weighted by atomic mass is 10.2. The first-order valence-electron chi connectivity index (χ1n) is 8.06. The Kier molecular flexibility index (Phi) is 5.82. The van der Waals surface area contributed by atoms with Crippen LogP contribution in [0.4, 0.5) is 0 Å². The summed E-state index contributed by atoms with van der Waals surface area (Å²) in [4.78, 5) is 15.9. The second kappa shape index (κ2) is 8.06. The van der Waals surface area contributed by atoms with Crippen LogP contribution in [0.1, 0.15) is 22.3 Å². The smallest absolute Gasteiger partial charge is 0.253 e. The summed E-state index contributed by atoms with van der Waals surface area (Å²) in [5, 5.41) is 3.63. The Hall–Kier alpha value is -1.49. The highest BCUT2D eigenvalue weighted by molar-refractivity contribution is 7.98. The lowest BCUT2D eigenvalue weighted by Gasteiger charge is -2.17.